The molecule has 0 radical (unpaired) electrons. The van der Waals surface area contributed by atoms with Crippen molar-refractivity contribution in [3.8, 4) is 11.5 Å². The van der Waals surface area contributed by atoms with Gasteiger partial charge in [-0.05, 0) is 44.0 Å². The third-order valence-electron chi connectivity index (χ3n) is 3.69. The maximum Gasteiger partial charge on any atom is 0.241 e. The fourth-order valence-corrected chi connectivity index (χ4v) is 2.44. The molecule has 1 fully saturated rings. The molecule has 0 aliphatic carbocycles. The Morgan fingerprint density at radius 3 is 2.85 bits per heavy atom. The number of aliphatic hydroxyl groups excluding tert-OH is 1. The van der Waals surface area contributed by atoms with Crippen LogP contribution >= 0.6 is 0 Å². The van der Waals surface area contributed by atoms with Crippen molar-refractivity contribution < 1.29 is 9.63 Å². The maximum atomic E-state index is 9.13. The first kappa shape index (κ1) is 13.2. The highest BCUT2D eigenvalue weighted by molar-refractivity contribution is 5.46. The van der Waals surface area contributed by atoms with Gasteiger partial charge < -0.3 is 9.63 Å². The number of piperidine rings is 1. The van der Waals surface area contributed by atoms with Gasteiger partial charge in [-0.2, -0.15) is 4.98 Å². The molecule has 6 nitrogen and oxygen atoms in total. The van der Waals surface area contributed by atoms with Crippen LogP contribution in [0.25, 0.3) is 11.5 Å². The van der Waals surface area contributed by atoms with Crippen LogP contribution in [0.2, 0.25) is 0 Å². The lowest BCUT2D eigenvalue weighted by Gasteiger charge is -2.29. The molecule has 2 aromatic rings. The Bertz CT molecular complexity index is 535. The molecular formula is C14H18N4O2. The van der Waals surface area contributed by atoms with Crippen LogP contribution in [0.1, 0.15) is 18.7 Å². The predicted molar refractivity (Wildman–Crippen MR) is 72.6 cm³/mol. The predicted octanol–water partition coefficient (Wildman–Crippen LogP) is 1.34. The highest BCUT2D eigenvalue weighted by atomic mass is 16.5. The van der Waals surface area contributed by atoms with E-state index in [9.17, 15) is 0 Å². The topological polar surface area (TPSA) is 75.3 Å². The molecule has 3 rings (SSSR count). The smallest absolute Gasteiger partial charge is 0.241 e. The van der Waals surface area contributed by atoms with Crippen LogP contribution in [0, 0.1) is 5.92 Å². The molecule has 1 saturated heterocycles. The summed E-state index contributed by atoms with van der Waals surface area (Å²) < 4.78 is 5.28. The zero-order valence-electron chi connectivity index (χ0n) is 11.3. The molecule has 1 aliphatic heterocycles. The van der Waals surface area contributed by atoms with E-state index in [1.807, 2.05) is 18.2 Å². The summed E-state index contributed by atoms with van der Waals surface area (Å²) in [4.78, 5) is 10.9. The molecule has 0 bridgehead atoms. The summed E-state index contributed by atoms with van der Waals surface area (Å²) in [7, 11) is 0. The Balaban J connectivity index is 1.61. The van der Waals surface area contributed by atoms with Crippen molar-refractivity contribution >= 4 is 0 Å². The second-order valence-corrected chi connectivity index (χ2v) is 5.13. The normalized spacial score (nSPS) is 17.4. The Morgan fingerprint density at radius 1 is 1.30 bits per heavy atom. The van der Waals surface area contributed by atoms with Gasteiger partial charge in [-0.15, -0.1) is 0 Å². The first-order valence-corrected chi connectivity index (χ1v) is 6.92. The Hall–Kier alpha value is -1.79. The van der Waals surface area contributed by atoms with Gasteiger partial charge in [-0.3, -0.25) is 9.88 Å². The van der Waals surface area contributed by atoms with Gasteiger partial charge in [-0.25, -0.2) is 0 Å². The van der Waals surface area contributed by atoms with Gasteiger partial charge in [0, 0.05) is 12.8 Å². The maximum absolute atomic E-state index is 9.13. The molecule has 0 saturated carbocycles. The van der Waals surface area contributed by atoms with Crippen LogP contribution in [0.15, 0.2) is 28.9 Å². The Labute approximate surface area is 117 Å². The van der Waals surface area contributed by atoms with E-state index in [2.05, 4.69) is 20.0 Å². The van der Waals surface area contributed by atoms with Crippen LogP contribution in [-0.2, 0) is 6.54 Å². The number of hydrogen-bond donors (Lipinski definition) is 1. The summed E-state index contributed by atoms with van der Waals surface area (Å²) in [6.45, 7) is 2.88. The fraction of sp³-hybridized carbons (Fsp3) is 0.500. The van der Waals surface area contributed by atoms with Gasteiger partial charge in [0.1, 0.15) is 5.69 Å². The average molecular weight is 274 g/mol. The summed E-state index contributed by atoms with van der Waals surface area (Å²) in [5.41, 5.74) is 0.724. The van der Waals surface area contributed by atoms with Crippen LogP contribution in [0.3, 0.4) is 0 Å². The lowest BCUT2D eigenvalue weighted by Crippen LogP contribution is -2.34. The van der Waals surface area contributed by atoms with Gasteiger partial charge in [0.05, 0.1) is 6.54 Å². The van der Waals surface area contributed by atoms with Crippen molar-refractivity contribution in [3.05, 3.63) is 30.3 Å². The minimum atomic E-state index is 0.290. The van der Waals surface area contributed by atoms with Gasteiger partial charge in [0.15, 0.2) is 0 Å². The summed E-state index contributed by atoms with van der Waals surface area (Å²) in [6.07, 6.45) is 3.76. The average Bonchev–Trinajstić information content (AvgIpc) is 2.97. The second kappa shape index (κ2) is 6.11. The minimum absolute atomic E-state index is 0.290. The third-order valence-corrected chi connectivity index (χ3v) is 3.69. The molecule has 0 spiro atoms. The molecule has 1 aliphatic rings. The zero-order valence-corrected chi connectivity index (χ0v) is 11.3. The van der Waals surface area contributed by atoms with E-state index in [1.165, 1.54) is 0 Å². The number of aromatic nitrogens is 3. The Morgan fingerprint density at radius 2 is 2.15 bits per heavy atom. The van der Waals surface area contributed by atoms with Gasteiger partial charge in [-0.1, -0.05) is 11.2 Å². The highest BCUT2D eigenvalue weighted by Crippen LogP contribution is 2.19. The summed E-state index contributed by atoms with van der Waals surface area (Å²) in [6, 6.07) is 5.62. The monoisotopic (exact) mass is 274 g/mol. The molecule has 0 unspecified atom stereocenters. The van der Waals surface area contributed by atoms with E-state index < -0.39 is 0 Å². The lowest BCUT2D eigenvalue weighted by atomic mass is 9.98. The zero-order chi connectivity index (χ0) is 13.8. The fourth-order valence-electron chi connectivity index (χ4n) is 2.44. The first-order chi connectivity index (χ1) is 9.85. The van der Waals surface area contributed by atoms with Crippen LogP contribution < -0.4 is 0 Å². The van der Waals surface area contributed by atoms with Crippen LogP contribution in [0.5, 0.6) is 0 Å². The standard InChI is InChI=1S/C14H18N4O2/c19-10-11-4-7-18(8-5-11)9-13-16-14(17-20-13)12-3-1-2-6-15-12/h1-3,6,11,19H,4-5,7-10H2. The molecule has 106 valence electrons. The third kappa shape index (κ3) is 3.02. The minimum Gasteiger partial charge on any atom is -0.396 e. The van der Waals surface area contributed by atoms with E-state index in [0.29, 0.717) is 24.2 Å². The Kier molecular flexibility index (Phi) is 4.03. The SMILES string of the molecule is OCC1CCN(Cc2nc(-c3ccccn3)no2)CC1. The summed E-state index contributed by atoms with van der Waals surface area (Å²) in [5, 5.41) is 13.1. The van der Waals surface area contributed by atoms with Crippen molar-refractivity contribution in [2.45, 2.75) is 19.4 Å². The number of nitrogens with zero attached hydrogens (tertiary/aromatic N) is 4. The summed E-state index contributed by atoms with van der Waals surface area (Å²) in [5.74, 6) is 1.59. The molecular weight excluding hydrogens is 256 g/mol. The van der Waals surface area contributed by atoms with Gasteiger partial charge >= 0.3 is 0 Å². The number of rotatable bonds is 4. The quantitative estimate of drug-likeness (QED) is 0.906. The van der Waals surface area contributed by atoms with Gasteiger partial charge in [0.25, 0.3) is 0 Å². The molecule has 20 heavy (non-hydrogen) atoms. The molecule has 3 heterocycles. The van der Waals surface area contributed by atoms with E-state index in [4.69, 9.17) is 9.63 Å². The number of hydrogen-bond acceptors (Lipinski definition) is 6. The molecule has 6 heteroatoms. The molecule has 1 N–H and O–H groups in total. The molecule has 0 atom stereocenters. The van der Waals surface area contributed by atoms with Gasteiger partial charge in [0.2, 0.25) is 11.7 Å². The molecule has 2 aromatic heterocycles. The van der Waals surface area contributed by atoms with Crippen LogP contribution in [0.4, 0.5) is 0 Å². The molecule has 0 aromatic carbocycles. The van der Waals surface area contributed by atoms with E-state index >= 15 is 0 Å². The van der Waals surface area contributed by atoms with E-state index in [0.717, 1.165) is 31.6 Å². The van der Waals surface area contributed by atoms with Crippen LogP contribution in [-0.4, -0.2) is 44.8 Å². The highest BCUT2D eigenvalue weighted by Gasteiger charge is 2.20. The van der Waals surface area contributed by atoms with Crippen molar-refractivity contribution in [2.24, 2.45) is 5.92 Å². The summed E-state index contributed by atoms with van der Waals surface area (Å²) >= 11 is 0. The van der Waals surface area contributed by atoms with Crippen molar-refractivity contribution in [2.75, 3.05) is 19.7 Å². The van der Waals surface area contributed by atoms with Crippen molar-refractivity contribution in [1.29, 1.82) is 0 Å². The largest absolute Gasteiger partial charge is 0.396 e. The number of pyridine rings is 1. The number of likely N-dealkylation sites (tertiary alicyclic amines) is 1. The van der Waals surface area contributed by atoms with Crippen molar-refractivity contribution in [3.63, 3.8) is 0 Å². The van der Waals surface area contributed by atoms with Crippen molar-refractivity contribution in [1.82, 2.24) is 20.0 Å². The first-order valence-electron chi connectivity index (χ1n) is 6.92. The molecule has 0 amide bonds. The van der Waals surface area contributed by atoms with E-state index in [-0.39, 0.29) is 6.61 Å². The number of aliphatic hydroxyl groups is 1. The second-order valence-electron chi connectivity index (χ2n) is 5.13. The lowest BCUT2D eigenvalue weighted by molar-refractivity contribution is 0.119. The van der Waals surface area contributed by atoms with E-state index in [1.54, 1.807) is 6.20 Å².